The van der Waals surface area contributed by atoms with Crippen LogP contribution in [0.25, 0.3) is 5.69 Å². The molecule has 5 nitrogen and oxygen atoms in total. The first-order valence-corrected chi connectivity index (χ1v) is 9.18. The average Bonchev–Trinajstić information content (AvgIpc) is 3.16. The number of aromatic nitrogens is 1. The van der Waals surface area contributed by atoms with Crippen molar-refractivity contribution < 1.29 is 9.53 Å². The molecule has 1 aliphatic rings. The Morgan fingerprint density at radius 2 is 2.29 bits per heavy atom. The zero-order valence-corrected chi connectivity index (χ0v) is 15.4. The number of nitrogens with one attached hydrogen (secondary N) is 1. The van der Waals surface area contributed by atoms with Crippen molar-refractivity contribution in [2.45, 2.75) is 32.8 Å². The predicted octanol–water partition coefficient (Wildman–Crippen LogP) is 3.38. The quantitative estimate of drug-likeness (QED) is 0.817. The Morgan fingerprint density at radius 1 is 1.50 bits per heavy atom. The summed E-state index contributed by atoms with van der Waals surface area (Å²) in [6.07, 6.45) is 2.13. The van der Waals surface area contributed by atoms with Gasteiger partial charge in [0.1, 0.15) is 10.7 Å². The Kier molecular flexibility index (Phi) is 5.03. The van der Waals surface area contributed by atoms with E-state index in [0.717, 1.165) is 36.3 Å². The minimum atomic E-state index is -0.192. The lowest BCUT2D eigenvalue weighted by Crippen LogP contribution is -2.31. The lowest BCUT2D eigenvalue weighted by atomic mass is 10.1. The molecule has 0 saturated carbocycles. The third-order valence-electron chi connectivity index (χ3n) is 4.17. The average molecular weight is 364 g/mol. The molecule has 0 radical (unpaired) electrons. The van der Waals surface area contributed by atoms with Crippen LogP contribution in [0.5, 0.6) is 0 Å². The van der Waals surface area contributed by atoms with Crippen LogP contribution in [-0.4, -0.2) is 29.7 Å². The highest BCUT2D eigenvalue weighted by Gasteiger charge is 2.21. The second kappa shape index (κ2) is 7.04. The fraction of sp³-hybridized carbons (Fsp3) is 0.412. The Hall–Kier alpha value is -1.70. The van der Waals surface area contributed by atoms with Gasteiger partial charge in [-0.15, -0.1) is 0 Å². The van der Waals surface area contributed by atoms with Gasteiger partial charge in [0.15, 0.2) is 3.95 Å². The first-order chi connectivity index (χ1) is 11.5. The molecule has 24 heavy (non-hydrogen) atoms. The molecule has 1 aromatic carbocycles. The molecule has 2 aromatic rings. The second-order valence-corrected chi connectivity index (χ2v) is 7.70. The minimum Gasteiger partial charge on any atom is -0.383 e. The van der Waals surface area contributed by atoms with E-state index in [9.17, 15) is 4.79 Å². The Bertz CT molecular complexity index is 820. The molecular formula is C17H21N3O2S2. The topological polar surface area (TPSA) is 69.3 Å². The number of hydrogen-bond acceptors (Lipinski definition) is 5. The third kappa shape index (κ3) is 3.38. The molecule has 0 aliphatic carbocycles. The SMILES string of the molecule is Cc1ccc(C)c(-n2c(N)c(C(=O)NC[C@H]3CCCO3)sc2=S)c1. The molecule has 1 aromatic heterocycles. The Morgan fingerprint density at radius 3 is 3.00 bits per heavy atom. The molecule has 3 N–H and O–H groups in total. The summed E-state index contributed by atoms with van der Waals surface area (Å²) in [7, 11) is 0. The van der Waals surface area contributed by atoms with E-state index in [0.29, 0.717) is 21.2 Å². The van der Waals surface area contributed by atoms with Crippen molar-refractivity contribution in [2.24, 2.45) is 0 Å². The number of anilines is 1. The zero-order chi connectivity index (χ0) is 17.3. The fourth-order valence-electron chi connectivity index (χ4n) is 2.83. The van der Waals surface area contributed by atoms with Crippen LogP contribution in [0.1, 0.15) is 33.6 Å². The molecule has 7 heteroatoms. The van der Waals surface area contributed by atoms with E-state index in [-0.39, 0.29) is 12.0 Å². The van der Waals surface area contributed by atoms with E-state index >= 15 is 0 Å². The van der Waals surface area contributed by atoms with Gasteiger partial charge in [-0.05, 0) is 56.1 Å². The molecule has 1 fully saturated rings. The molecule has 3 rings (SSSR count). The maximum absolute atomic E-state index is 12.5. The van der Waals surface area contributed by atoms with Crippen molar-refractivity contribution in [1.29, 1.82) is 0 Å². The van der Waals surface area contributed by atoms with Crippen LogP contribution in [0.15, 0.2) is 18.2 Å². The van der Waals surface area contributed by atoms with Crippen LogP contribution in [0.3, 0.4) is 0 Å². The molecular weight excluding hydrogens is 342 g/mol. The van der Waals surface area contributed by atoms with Gasteiger partial charge in [0.05, 0.1) is 11.8 Å². The van der Waals surface area contributed by atoms with Gasteiger partial charge in [0.2, 0.25) is 0 Å². The summed E-state index contributed by atoms with van der Waals surface area (Å²) in [5.74, 6) is 0.201. The van der Waals surface area contributed by atoms with Crippen molar-refractivity contribution in [2.75, 3.05) is 18.9 Å². The van der Waals surface area contributed by atoms with Gasteiger partial charge in [-0.1, -0.05) is 23.5 Å². The van der Waals surface area contributed by atoms with Crippen molar-refractivity contribution in [3.05, 3.63) is 38.2 Å². The third-order valence-corrected chi connectivity index (χ3v) is 5.56. The summed E-state index contributed by atoms with van der Waals surface area (Å²) in [4.78, 5) is 12.9. The normalized spacial score (nSPS) is 17.2. The Labute approximate surface area is 150 Å². The number of thiazole rings is 1. The number of ether oxygens (including phenoxy) is 1. The minimum absolute atomic E-state index is 0.101. The number of hydrogen-bond donors (Lipinski definition) is 2. The standard InChI is InChI=1S/C17H21N3O2S2/c1-10-5-6-11(2)13(8-10)20-15(18)14(24-17(20)23)16(21)19-9-12-4-3-7-22-12/h5-6,8,12H,3-4,7,9,18H2,1-2H3,(H,19,21)/t12-/m1/s1. The predicted molar refractivity (Wildman–Crippen MR) is 99.7 cm³/mol. The lowest BCUT2D eigenvalue weighted by molar-refractivity contribution is 0.0861. The number of nitrogens with two attached hydrogens (primary N) is 1. The van der Waals surface area contributed by atoms with E-state index < -0.39 is 0 Å². The molecule has 1 amide bonds. The summed E-state index contributed by atoms with van der Waals surface area (Å²) >= 11 is 6.69. The number of aryl methyl sites for hydroxylation is 2. The highest BCUT2D eigenvalue weighted by molar-refractivity contribution is 7.73. The van der Waals surface area contributed by atoms with Crippen molar-refractivity contribution in [3.63, 3.8) is 0 Å². The molecule has 0 unspecified atom stereocenters. The zero-order valence-electron chi connectivity index (χ0n) is 13.8. The van der Waals surface area contributed by atoms with Crippen molar-refractivity contribution in [1.82, 2.24) is 9.88 Å². The van der Waals surface area contributed by atoms with Gasteiger partial charge >= 0.3 is 0 Å². The first kappa shape index (κ1) is 17.1. The van der Waals surface area contributed by atoms with Crippen LogP contribution < -0.4 is 11.1 Å². The highest BCUT2D eigenvalue weighted by Crippen LogP contribution is 2.28. The van der Waals surface area contributed by atoms with Crippen LogP contribution >= 0.6 is 23.6 Å². The Balaban J connectivity index is 1.87. The van der Waals surface area contributed by atoms with E-state index in [1.807, 2.05) is 32.0 Å². The van der Waals surface area contributed by atoms with Crippen LogP contribution in [-0.2, 0) is 4.74 Å². The van der Waals surface area contributed by atoms with Crippen molar-refractivity contribution >= 4 is 35.3 Å². The maximum atomic E-state index is 12.5. The van der Waals surface area contributed by atoms with Gasteiger partial charge in [-0.2, -0.15) is 0 Å². The van der Waals surface area contributed by atoms with Gasteiger partial charge < -0.3 is 15.8 Å². The lowest BCUT2D eigenvalue weighted by Gasteiger charge is -2.12. The van der Waals surface area contributed by atoms with E-state index in [2.05, 4.69) is 5.32 Å². The fourth-order valence-corrected chi connectivity index (χ4v) is 4.10. The summed E-state index contributed by atoms with van der Waals surface area (Å²) in [5.41, 5.74) is 9.36. The first-order valence-electron chi connectivity index (χ1n) is 7.96. The largest absolute Gasteiger partial charge is 0.383 e. The molecule has 1 saturated heterocycles. The number of nitrogen functional groups attached to an aromatic ring is 1. The van der Waals surface area contributed by atoms with Crippen LogP contribution in [0, 0.1) is 17.8 Å². The number of carbonyl (C=O) groups is 1. The van der Waals surface area contributed by atoms with E-state index in [1.165, 1.54) is 11.3 Å². The van der Waals surface area contributed by atoms with Gasteiger partial charge in [-0.3, -0.25) is 9.36 Å². The number of nitrogens with zero attached hydrogens (tertiary/aromatic N) is 1. The summed E-state index contributed by atoms with van der Waals surface area (Å²) in [5, 5.41) is 2.91. The summed E-state index contributed by atoms with van der Waals surface area (Å²) in [6.45, 7) is 5.30. The molecule has 2 heterocycles. The molecule has 0 bridgehead atoms. The maximum Gasteiger partial charge on any atom is 0.265 e. The number of rotatable bonds is 4. The van der Waals surface area contributed by atoms with Gasteiger partial charge in [0.25, 0.3) is 5.91 Å². The summed E-state index contributed by atoms with van der Waals surface area (Å²) < 4.78 is 7.88. The number of carbonyl (C=O) groups excluding carboxylic acids is 1. The monoisotopic (exact) mass is 363 g/mol. The molecule has 128 valence electrons. The molecule has 1 atom stereocenters. The highest BCUT2D eigenvalue weighted by atomic mass is 32.1. The van der Waals surface area contributed by atoms with Gasteiger partial charge in [-0.25, -0.2) is 0 Å². The molecule has 1 aliphatic heterocycles. The van der Waals surface area contributed by atoms with Gasteiger partial charge in [0, 0.05) is 13.2 Å². The number of amides is 1. The smallest absolute Gasteiger partial charge is 0.265 e. The molecule has 0 spiro atoms. The van der Waals surface area contributed by atoms with Crippen molar-refractivity contribution in [3.8, 4) is 5.69 Å². The van der Waals surface area contributed by atoms with Crippen LogP contribution in [0.2, 0.25) is 0 Å². The van der Waals surface area contributed by atoms with E-state index in [4.69, 9.17) is 22.7 Å². The van der Waals surface area contributed by atoms with E-state index in [1.54, 1.807) is 4.57 Å². The second-order valence-electron chi connectivity index (χ2n) is 6.05. The number of benzene rings is 1. The summed E-state index contributed by atoms with van der Waals surface area (Å²) in [6, 6.07) is 6.10. The van der Waals surface area contributed by atoms with Crippen LogP contribution in [0.4, 0.5) is 5.82 Å².